The van der Waals surface area contributed by atoms with E-state index in [4.69, 9.17) is 31.3 Å². The molecule has 0 radical (unpaired) electrons. The monoisotopic (exact) mass is 722 g/mol. The number of rotatable bonds is 10. The molecular weight excluding hydrogens is 694 g/mol. The zero-order chi connectivity index (χ0) is 38.4. The van der Waals surface area contributed by atoms with Gasteiger partial charge in [-0.3, -0.25) is 28.8 Å². The van der Waals surface area contributed by atoms with Crippen molar-refractivity contribution in [3.05, 3.63) is 69.8 Å². The summed E-state index contributed by atoms with van der Waals surface area (Å²) < 4.78 is 63.5. The number of halogens is 6. The first kappa shape index (κ1) is 42.1. The largest absolute Gasteiger partial charge is 0.490 e. The van der Waals surface area contributed by atoms with Gasteiger partial charge in [-0.2, -0.15) is 26.3 Å². The molecule has 1 aliphatic rings. The molecule has 50 heavy (non-hydrogen) atoms. The number of carbonyl (C=O) groups is 8. The van der Waals surface area contributed by atoms with Crippen molar-refractivity contribution >= 4 is 47.1 Å². The lowest BCUT2D eigenvalue weighted by molar-refractivity contribution is -0.193. The van der Waals surface area contributed by atoms with Crippen LogP contribution in [0.5, 0.6) is 0 Å². The Hall–Kier alpha value is -5.90. The van der Waals surface area contributed by atoms with E-state index < -0.39 is 47.7 Å². The molecule has 0 unspecified atom stereocenters. The molecule has 0 aliphatic heterocycles. The van der Waals surface area contributed by atoms with Gasteiger partial charge in [0.25, 0.3) is 11.8 Å². The second kappa shape index (κ2) is 18.6. The van der Waals surface area contributed by atoms with Crippen molar-refractivity contribution < 1.29 is 74.9 Å². The summed E-state index contributed by atoms with van der Waals surface area (Å²) in [7, 11) is 0. The average molecular weight is 723 g/mol. The maximum absolute atomic E-state index is 13.1. The van der Waals surface area contributed by atoms with Crippen LogP contribution in [0.15, 0.2) is 36.4 Å². The number of nitrogens with two attached hydrogens (primary N) is 2. The molecule has 3 rings (SSSR count). The van der Waals surface area contributed by atoms with Gasteiger partial charge in [-0.05, 0) is 36.4 Å². The number of nitrogens with one attached hydrogen (secondary N) is 4. The Bertz CT molecular complexity index is 1530. The average Bonchev–Trinajstić information content (AvgIpc) is 3.06. The molecule has 0 fully saturated rings. The summed E-state index contributed by atoms with van der Waals surface area (Å²) in [5.41, 5.74) is 11.2. The third-order valence-corrected chi connectivity index (χ3v) is 5.86. The first-order valence-corrected chi connectivity index (χ1v) is 13.6. The van der Waals surface area contributed by atoms with E-state index in [2.05, 4.69) is 21.3 Å². The van der Waals surface area contributed by atoms with Crippen LogP contribution in [0.3, 0.4) is 0 Å². The van der Waals surface area contributed by atoms with Crippen molar-refractivity contribution in [3.8, 4) is 0 Å². The molecule has 2 aromatic rings. The quantitative estimate of drug-likeness (QED) is 0.0957. The summed E-state index contributed by atoms with van der Waals surface area (Å²) in [6, 6.07) is 8.35. The summed E-state index contributed by atoms with van der Waals surface area (Å²) in [6.45, 7) is 0.379. The summed E-state index contributed by atoms with van der Waals surface area (Å²) >= 11 is 0. The van der Waals surface area contributed by atoms with Gasteiger partial charge in [0.05, 0.1) is 13.1 Å². The van der Waals surface area contributed by atoms with Crippen LogP contribution in [0.1, 0.15) is 52.6 Å². The smallest absolute Gasteiger partial charge is 0.475 e. The minimum absolute atomic E-state index is 0.0874. The van der Waals surface area contributed by atoms with Gasteiger partial charge in [0.2, 0.25) is 11.8 Å². The maximum Gasteiger partial charge on any atom is 0.490 e. The lowest BCUT2D eigenvalue weighted by Crippen LogP contribution is -2.37. The predicted molar refractivity (Wildman–Crippen MR) is 156 cm³/mol. The fraction of sp³-hybridized carbons (Fsp3) is 0.286. The lowest BCUT2D eigenvalue weighted by Gasteiger charge is -2.19. The number of benzene rings is 2. The van der Waals surface area contributed by atoms with Crippen molar-refractivity contribution in [2.24, 2.45) is 11.5 Å². The van der Waals surface area contributed by atoms with Gasteiger partial charge in [-0.15, -0.1) is 0 Å². The van der Waals surface area contributed by atoms with E-state index in [1.165, 1.54) is 36.4 Å². The molecule has 0 saturated heterocycles. The molecule has 22 heteroatoms. The Morgan fingerprint density at radius 2 is 0.820 bits per heavy atom. The number of carbonyl (C=O) groups excluding carboxylic acids is 6. The number of amides is 4. The van der Waals surface area contributed by atoms with Gasteiger partial charge in [0.15, 0.2) is 11.6 Å². The molecule has 4 amide bonds. The van der Waals surface area contributed by atoms with Gasteiger partial charge < -0.3 is 42.9 Å². The third-order valence-electron chi connectivity index (χ3n) is 5.86. The van der Waals surface area contributed by atoms with Crippen LogP contribution in [-0.2, 0) is 19.2 Å². The number of ketones is 2. The topological polar surface area (TPSA) is 277 Å². The fourth-order valence-electron chi connectivity index (χ4n) is 3.54. The highest BCUT2D eigenvalue weighted by atomic mass is 19.4. The van der Waals surface area contributed by atoms with E-state index in [-0.39, 0.29) is 84.5 Å². The minimum Gasteiger partial charge on any atom is -0.475 e. The maximum atomic E-state index is 13.1. The van der Waals surface area contributed by atoms with Crippen LogP contribution in [-0.4, -0.2) is 109 Å². The molecule has 0 heterocycles. The van der Waals surface area contributed by atoms with Gasteiger partial charge in [-0.1, -0.05) is 0 Å². The molecule has 1 aliphatic carbocycles. The van der Waals surface area contributed by atoms with E-state index in [0.717, 1.165) is 0 Å². The Balaban J connectivity index is 0.000000748. The summed E-state index contributed by atoms with van der Waals surface area (Å²) in [5.74, 6) is -8.04. The number of aliphatic carboxylic acids is 2. The van der Waals surface area contributed by atoms with E-state index >= 15 is 0 Å². The van der Waals surface area contributed by atoms with E-state index in [1.54, 1.807) is 0 Å². The second-order valence-electron chi connectivity index (χ2n) is 9.40. The number of carboxylic acid groups (broad SMARTS) is 2. The second-order valence-corrected chi connectivity index (χ2v) is 9.40. The Morgan fingerprint density at radius 1 is 0.540 bits per heavy atom. The first-order chi connectivity index (χ1) is 23.1. The summed E-state index contributed by atoms with van der Waals surface area (Å²) in [6.07, 6.45) is -10.2. The fourth-order valence-corrected chi connectivity index (χ4v) is 3.54. The molecule has 272 valence electrons. The van der Waals surface area contributed by atoms with Crippen LogP contribution in [0, 0.1) is 0 Å². The highest BCUT2D eigenvalue weighted by Crippen LogP contribution is 2.29. The SMILES string of the molecule is NCC(=O)NCCNC(=O)c1ccc2c(c1)C(=O)c1ccc(C(=O)NCCNC(=O)CN)cc1C2=O.O=C(O)C(F)(F)F.O=C(O)C(F)(F)F. The number of fused-ring (bicyclic) bond motifs is 2. The molecule has 0 saturated carbocycles. The highest BCUT2D eigenvalue weighted by Gasteiger charge is 2.39. The Kier molecular flexibility index (Phi) is 15.7. The van der Waals surface area contributed by atoms with Crippen LogP contribution >= 0.6 is 0 Å². The van der Waals surface area contributed by atoms with Crippen molar-refractivity contribution in [2.75, 3.05) is 39.3 Å². The molecule has 0 aromatic heterocycles. The van der Waals surface area contributed by atoms with Crippen molar-refractivity contribution in [2.45, 2.75) is 12.4 Å². The van der Waals surface area contributed by atoms with Crippen molar-refractivity contribution in [1.82, 2.24) is 21.3 Å². The Labute approximate surface area is 276 Å². The molecule has 2 aromatic carbocycles. The summed E-state index contributed by atoms with van der Waals surface area (Å²) in [4.78, 5) is 91.1. The molecule has 0 atom stereocenters. The zero-order valence-corrected chi connectivity index (χ0v) is 25.3. The van der Waals surface area contributed by atoms with Gasteiger partial charge >= 0.3 is 24.3 Å². The molecule has 16 nitrogen and oxygen atoms in total. The van der Waals surface area contributed by atoms with Crippen LogP contribution in [0.2, 0.25) is 0 Å². The standard InChI is InChI=1S/C24H26N6O6.2C2HF3O2/c25-11-19(31)27-5-7-29-23(35)13-1-3-15-17(9-13)22(34)16-4-2-14(10-18(16)21(15)33)24(36)30-8-6-28-20(32)12-26;2*3-2(4,5)1(6)7/h1-4,9-10H,5-8,11-12,25-26H2,(H,27,31)(H,28,32)(H,29,35)(H,30,36);2*(H,6,7). The van der Waals surface area contributed by atoms with Gasteiger partial charge in [-0.25, -0.2) is 9.59 Å². The molecule has 10 N–H and O–H groups in total. The highest BCUT2D eigenvalue weighted by molar-refractivity contribution is 6.29. The summed E-state index contributed by atoms with van der Waals surface area (Å²) in [5, 5.41) is 24.5. The van der Waals surface area contributed by atoms with Crippen LogP contribution in [0.25, 0.3) is 0 Å². The third kappa shape index (κ3) is 13.0. The van der Waals surface area contributed by atoms with E-state index in [0.29, 0.717) is 0 Å². The molecule has 0 spiro atoms. The first-order valence-electron chi connectivity index (χ1n) is 13.6. The normalized spacial score (nSPS) is 11.6. The molecular formula is C28H28F6N6O10. The lowest BCUT2D eigenvalue weighted by atomic mass is 9.82. The van der Waals surface area contributed by atoms with E-state index in [1.807, 2.05) is 0 Å². The molecule has 0 bridgehead atoms. The minimum atomic E-state index is -5.08. The van der Waals surface area contributed by atoms with Gasteiger partial charge in [0.1, 0.15) is 0 Å². The van der Waals surface area contributed by atoms with Crippen LogP contribution in [0.4, 0.5) is 26.3 Å². The number of alkyl halides is 6. The predicted octanol–water partition coefficient (Wildman–Crippen LogP) is -0.662. The Morgan fingerprint density at radius 3 is 1.08 bits per heavy atom. The van der Waals surface area contributed by atoms with Crippen molar-refractivity contribution in [1.29, 1.82) is 0 Å². The van der Waals surface area contributed by atoms with Gasteiger partial charge in [0, 0.05) is 59.6 Å². The van der Waals surface area contributed by atoms with Crippen LogP contribution < -0.4 is 32.7 Å². The number of hydrogen-bond acceptors (Lipinski definition) is 10. The van der Waals surface area contributed by atoms with E-state index in [9.17, 15) is 55.1 Å². The van der Waals surface area contributed by atoms with Crippen molar-refractivity contribution in [3.63, 3.8) is 0 Å². The number of hydrogen-bond donors (Lipinski definition) is 8. The number of carboxylic acids is 2. The zero-order valence-electron chi connectivity index (χ0n) is 25.3.